The van der Waals surface area contributed by atoms with Gasteiger partial charge in [-0.3, -0.25) is 4.79 Å². The summed E-state index contributed by atoms with van der Waals surface area (Å²) in [4.78, 5) is 10.8. The van der Waals surface area contributed by atoms with Gasteiger partial charge in [0.15, 0.2) is 0 Å². The molecule has 88 valence electrons. The van der Waals surface area contributed by atoms with Gasteiger partial charge in [0.05, 0.1) is 0 Å². The van der Waals surface area contributed by atoms with Crippen LogP contribution in [0.15, 0.2) is 18.2 Å². The van der Waals surface area contributed by atoms with E-state index in [1.165, 1.54) is 0 Å². The molecule has 1 unspecified atom stereocenters. The molecule has 0 aliphatic rings. The number of carboxylic acid groups (broad SMARTS) is 1. The third-order valence-corrected chi connectivity index (χ3v) is 3.13. The Hall–Kier alpha value is -0.670. The van der Waals surface area contributed by atoms with Crippen molar-refractivity contribution >= 4 is 30.2 Å². The average molecular weight is 259 g/mol. The molecule has 0 radical (unpaired) electrons. The molecule has 0 aromatic heterocycles. The van der Waals surface area contributed by atoms with E-state index >= 15 is 0 Å². The second-order valence-electron chi connectivity index (χ2n) is 4.19. The van der Waals surface area contributed by atoms with E-state index < -0.39 is 11.2 Å². The Morgan fingerprint density at radius 3 is 2.56 bits per heavy atom. The summed E-state index contributed by atoms with van der Waals surface area (Å²) in [6.45, 7) is 4.23. The zero-order valence-electron chi connectivity index (χ0n) is 9.27. The van der Waals surface area contributed by atoms with Gasteiger partial charge in [-0.25, -0.2) is 0 Å². The fraction of sp³-hybridized carbons (Fsp3) is 0.417. The first-order valence-corrected chi connectivity index (χ1v) is 6.00. The molecule has 0 saturated carbocycles. The van der Waals surface area contributed by atoms with E-state index in [4.69, 9.17) is 16.7 Å². The zero-order valence-corrected chi connectivity index (χ0v) is 10.9. The van der Waals surface area contributed by atoms with Gasteiger partial charge in [0.25, 0.3) is 0 Å². The minimum absolute atomic E-state index is 0.523. The average Bonchev–Trinajstić information content (AvgIpc) is 2.19. The monoisotopic (exact) mass is 258 g/mol. The molecular weight excluding hydrogens is 244 g/mol. The first-order chi connectivity index (χ1) is 7.41. The molecule has 16 heavy (non-hydrogen) atoms. The summed E-state index contributed by atoms with van der Waals surface area (Å²) in [7, 11) is 0. The molecule has 0 aliphatic carbocycles. The summed E-state index contributed by atoms with van der Waals surface area (Å²) in [5, 5.41) is 8.62. The van der Waals surface area contributed by atoms with Crippen LogP contribution in [-0.4, -0.2) is 11.1 Å². The van der Waals surface area contributed by atoms with Crippen LogP contribution in [0, 0.1) is 5.92 Å². The summed E-state index contributed by atoms with van der Waals surface area (Å²) in [6.07, 6.45) is 0.892. The van der Waals surface area contributed by atoms with Crippen molar-refractivity contribution in [2.45, 2.75) is 25.5 Å². The Kier molecular flexibility index (Phi) is 4.69. The van der Waals surface area contributed by atoms with Crippen LogP contribution in [0.2, 0.25) is 5.02 Å². The van der Waals surface area contributed by atoms with Gasteiger partial charge in [0.1, 0.15) is 5.25 Å². The van der Waals surface area contributed by atoms with Crippen LogP contribution in [0.1, 0.15) is 30.2 Å². The summed E-state index contributed by atoms with van der Waals surface area (Å²) in [5.41, 5.74) is 1.67. The first-order valence-electron chi connectivity index (χ1n) is 5.11. The van der Waals surface area contributed by atoms with Gasteiger partial charge in [-0.2, -0.15) is 12.6 Å². The van der Waals surface area contributed by atoms with Crippen molar-refractivity contribution in [3.8, 4) is 0 Å². The number of aliphatic carboxylic acids is 1. The lowest BCUT2D eigenvalue weighted by molar-refractivity contribution is -0.136. The predicted octanol–water partition coefficient (Wildman–Crippen LogP) is 3.59. The summed E-state index contributed by atoms with van der Waals surface area (Å²) in [5.74, 6) is -0.439. The van der Waals surface area contributed by atoms with Gasteiger partial charge in [-0.1, -0.05) is 37.6 Å². The lowest BCUT2D eigenvalue weighted by Crippen LogP contribution is -2.05. The second kappa shape index (κ2) is 5.60. The summed E-state index contributed by atoms with van der Waals surface area (Å²) < 4.78 is 0. The molecule has 2 nitrogen and oxygen atoms in total. The highest BCUT2D eigenvalue weighted by molar-refractivity contribution is 7.81. The molecule has 4 heteroatoms. The number of carbonyl (C=O) groups is 1. The van der Waals surface area contributed by atoms with Gasteiger partial charge in [-0.05, 0) is 29.5 Å². The van der Waals surface area contributed by atoms with E-state index in [0.717, 1.165) is 12.0 Å². The van der Waals surface area contributed by atoms with Gasteiger partial charge in [0, 0.05) is 5.02 Å². The minimum Gasteiger partial charge on any atom is -0.480 e. The van der Waals surface area contributed by atoms with Crippen molar-refractivity contribution in [3.63, 3.8) is 0 Å². The Balaban J connectivity index is 2.95. The number of carboxylic acids is 1. The van der Waals surface area contributed by atoms with E-state index in [0.29, 0.717) is 16.5 Å². The van der Waals surface area contributed by atoms with Crippen LogP contribution in [0.3, 0.4) is 0 Å². The Bertz CT molecular complexity index is 391. The normalized spacial score (nSPS) is 12.8. The van der Waals surface area contributed by atoms with E-state index in [1.807, 2.05) is 6.07 Å². The molecule has 0 bridgehead atoms. The number of benzene rings is 1. The van der Waals surface area contributed by atoms with Gasteiger partial charge in [0.2, 0.25) is 0 Å². The number of hydrogen-bond donors (Lipinski definition) is 2. The van der Waals surface area contributed by atoms with Gasteiger partial charge < -0.3 is 5.11 Å². The van der Waals surface area contributed by atoms with Crippen LogP contribution in [0.25, 0.3) is 0 Å². The van der Waals surface area contributed by atoms with E-state index in [-0.39, 0.29) is 0 Å². The molecular formula is C12H15ClO2S. The third-order valence-electron chi connectivity index (χ3n) is 2.25. The van der Waals surface area contributed by atoms with Crippen molar-refractivity contribution in [1.82, 2.24) is 0 Å². The smallest absolute Gasteiger partial charge is 0.320 e. The molecule has 0 aliphatic heterocycles. The molecule has 0 spiro atoms. The maximum absolute atomic E-state index is 10.8. The Morgan fingerprint density at radius 2 is 2.12 bits per heavy atom. The highest BCUT2D eigenvalue weighted by atomic mass is 35.5. The fourth-order valence-corrected chi connectivity index (χ4v) is 1.91. The van der Waals surface area contributed by atoms with Crippen molar-refractivity contribution < 1.29 is 9.90 Å². The van der Waals surface area contributed by atoms with Crippen molar-refractivity contribution in [1.29, 1.82) is 0 Å². The van der Waals surface area contributed by atoms with Crippen LogP contribution < -0.4 is 0 Å². The SMILES string of the molecule is CC(C)Cc1ccc(C(S)C(=O)O)cc1Cl. The minimum atomic E-state index is -0.962. The van der Waals surface area contributed by atoms with Crippen molar-refractivity contribution in [2.24, 2.45) is 5.92 Å². The third kappa shape index (κ3) is 3.42. The lowest BCUT2D eigenvalue weighted by atomic mass is 10.0. The van der Waals surface area contributed by atoms with Crippen LogP contribution >= 0.6 is 24.2 Å². The Morgan fingerprint density at radius 1 is 1.50 bits per heavy atom. The molecule has 1 aromatic carbocycles. The first kappa shape index (κ1) is 13.4. The van der Waals surface area contributed by atoms with Gasteiger partial charge >= 0.3 is 5.97 Å². The molecule has 1 rings (SSSR count). The molecule has 0 heterocycles. The van der Waals surface area contributed by atoms with Crippen LogP contribution in [0.4, 0.5) is 0 Å². The zero-order chi connectivity index (χ0) is 12.3. The highest BCUT2D eigenvalue weighted by Gasteiger charge is 2.15. The van der Waals surface area contributed by atoms with Crippen molar-refractivity contribution in [2.75, 3.05) is 0 Å². The molecule has 0 fully saturated rings. The van der Waals surface area contributed by atoms with E-state index in [9.17, 15) is 4.79 Å². The Labute approximate surface area is 106 Å². The number of thiol groups is 1. The second-order valence-corrected chi connectivity index (χ2v) is 5.11. The van der Waals surface area contributed by atoms with E-state index in [2.05, 4.69) is 26.5 Å². The number of halogens is 1. The fourth-order valence-electron chi connectivity index (χ4n) is 1.48. The number of hydrogen-bond acceptors (Lipinski definition) is 2. The summed E-state index contributed by atoms with van der Waals surface area (Å²) in [6, 6.07) is 5.34. The maximum Gasteiger partial charge on any atom is 0.320 e. The predicted molar refractivity (Wildman–Crippen MR) is 69.4 cm³/mol. The van der Waals surface area contributed by atoms with Crippen molar-refractivity contribution in [3.05, 3.63) is 34.3 Å². The van der Waals surface area contributed by atoms with Crippen LogP contribution in [-0.2, 0) is 11.2 Å². The quantitative estimate of drug-likeness (QED) is 0.810. The molecule has 1 N–H and O–H groups in total. The van der Waals surface area contributed by atoms with E-state index in [1.54, 1.807) is 12.1 Å². The molecule has 0 saturated heterocycles. The lowest BCUT2D eigenvalue weighted by Gasteiger charge is -2.11. The van der Waals surface area contributed by atoms with Crippen LogP contribution in [0.5, 0.6) is 0 Å². The highest BCUT2D eigenvalue weighted by Crippen LogP contribution is 2.27. The van der Waals surface area contributed by atoms with Gasteiger partial charge in [-0.15, -0.1) is 0 Å². The number of rotatable bonds is 4. The maximum atomic E-state index is 10.8. The molecule has 1 aromatic rings. The largest absolute Gasteiger partial charge is 0.480 e. The molecule has 0 amide bonds. The summed E-state index contributed by atoms with van der Waals surface area (Å²) >= 11 is 10.1. The topological polar surface area (TPSA) is 37.3 Å². The molecule has 1 atom stereocenters. The standard InChI is InChI=1S/C12H15ClO2S/c1-7(2)5-8-3-4-9(6-10(8)13)11(16)12(14)15/h3-4,6-7,11,16H,5H2,1-2H3,(H,14,15).